The largest absolute Gasteiger partial charge is 0.492 e. The maximum absolute atomic E-state index is 13.0. The number of carbonyl (C=O) groups excluding carboxylic acids is 1. The summed E-state index contributed by atoms with van der Waals surface area (Å²) in [4.78, 5) is 25.4. The van der Waals surface area contributed by atoms with E-state index < -0.39 is 12.1 Å². The number of carboxylic acids is 1. The van der Waals surface area contributed by atoms with E-state index in [0.29, 0.717) is 51.9 Å². The predicted octanol–water partition coefficient (Wildman–Crippen LogP) is 5.08. The van der Waals surface area contributed by atoms with Gasteiger partial charge >= 0.3 is 12.1 Å². The zero-order valence-corrected chi connectivity index (χ0v) is 21.7. The fraction of sp³-hybridized carbons (Fsp3) is 0.500. The van der Waals surface area contributed by atoms with Gasteiger partial charge in [-0.15, -0.1) is 0 Å². The van der Waals surface area contributed by atoms with Gasteiger partial charge in [0.2, 0.25) is 0 Å². The Kier molecular flexibility index (Phi) is 14.1. The molecule has 0 spiro atoms. The Bertz CT molecular complexity index is 921. The van der Waals surface area contributed by atoms with Crippen LogP contribution in [0.2, 0.25) is 0 Å². The highest BCUT2D eigenvalue weighted by Gasteiger charge is 2.18. The van der Waals surface area contributed by atoms with Gasteiger partial charge in [-0.05, 0) is 61.6 Å². The van der Waals surface area contributed by atoms with Crippen LogP contribution in [-0.4, -0.2) is 67.7 Å². The Morgan fingerprint density at radius 3 is 2.27 bits per heavy atom. The monoisotopic (exact) mass is 519 g/mol. The summed E-state index contributed by atoms with van der Waals surface area (Å²) in [7, 11) is 0. The van der Waals surface area contributed by atoms with E-state index in [1.807, 2.05) is 19.1 Å². The van der Waals surface area contributed by atoms with E-state index in [-0.39, 0.29) is 18.3 Å². The summed E-state index contributed by atoms with van der Waals surface area (Å²) in [5.74, 6) is -0.633. The molecule has 1 amide bonds. The minimum absolute atomic E-state index is 0.272. The van der Waals surface area contributed by atoms with Crippen molar-refractivity contribution in [1.82, 2.24) is 4.90 Å². The number of halogens is 1. The van der Waals surface area contributed by atoms with Crippen molar-refractivity contribution in [3.8, 4) is 5.75 Å². The molecule has 0 bridgehead atoms. The van der Waals surface area contributed by atoms with Crippen molar-refractivity contribution in [3.63, 3.8) is 0 Å². The zero-order valence-electron chi connectivity index (χ0n) is 21.7. The summed E-state index contributed by atoms with van der Waals surface area (Å²) >= 11 is 0. The second kappa shape index (κ2) is 17.3. The molecule has 37 heavy (non-hydrogen) atoms. The van der Waals surface area contributed by atoms with Gasteiger partial charge in [-0.3, -0.25) is 0 Å². The lowest BCUT2D eigenvalue weighted by Crippen LogP contribution is -2.36. The average Bonchev–Trinajstić information content (AvgIpc) is 2.89. The van der Waals surface area contributed by atoms with Crippen LogP contribution in [0.25, 0.3) is 0 Å². The van der Waals surface area contributed by atoms with Crippen molar-refractivity contribution in [2.24, 2.45) is 0 Å². The van der Waals surface area contributed by atoms with Gasteiger partial charge in [0.15, 0.2) is 6.10 Å². The molecular formula is C28H38FNO7. The summed E-state index contributed by atoms with van der Waals surface area (Å²) in [5, 5.41) is 9.24. The lowest BCUT2D eigenvalue weighted by atomic mass is 10.1. The molecule has 0 saturated heterocycles. The number of hydrogen-bond acceptors (Lipinski definition) is 6. The maximum atomic E-state index is 13.0. The first-order valence-electron chi connectivity index (χ1n) is 12.7. The molecule has 0 fully saturated rings. The highest BCUT2D eigenvalue weighted by molar-refractivity contribution is 5.72. The molecule has 0 saturated carbocycles. The van der Waals surface area contributed by atoms with Gasteiger partial charge in [-0.1, -0.05) is 31.2 Å². The van der Waals surface area contributed by atoms with Crippen LogP contribution in [-0.2, 0) is 32.0 Å². The van der Waals surface area contributed by atoms with Gasteiger partial charge in [0.25, 0.3) is 0 Å². The molecular weight excluding hydrogens is 481 g/mol. The highest BCUT2D eigenvalue weighted by atomic mass is 19.1. The van der Waals surface area contributed by atoms with Crippen LogP contribution in [0.15, 0.2) is 48.5 Å². The first-order valence-corrected chi connectivity index (χ1v) is 12.7. The lowest BCUT2D eigenvalue weighted by Gasteiger charge is -2.22. The van der Waals surface area contributed by atoms with Gasteiger partial charge in [-0.25, -0.2) is 14.0 Å². The molecule has 0 heterocycles. The van der Waals surface area contributed by atoms with Gasteiger partial charge in [0, 0.05) is 26.2 Å². The number of amides is 1. The number of ether oxygens (including phenoxy) is 4. The number of rotatable bonds is 18. The Morgan fingerprint density at radius 1 is 0.919 bits per heavy atom. The van der Waals surface area contributed by atoms with Crippen LogP contribution < -0.4 is 4.74 Å². The van der Waals surface area contributed by atoms with Crippen molar-refractivity contribution in [3.05, 3.63) is 65.5 Å². The van der Waals surface area contributed by atoms with E-state index in [2.05, 4.69) is 0 Å². The topological polar surface area (TPSA) is 94.5 Å². The van der Waals surface area contributed by atoms with E-state index in [1.165, 1.54) is 12.1 Å². The number of unbranched alkanes of at least 4 members (excludes halogenated alkanes) is 1. The quantitative estimate of drug-likeness (QED) is 0.274. The second-order valence-corrected chi connectivity index (χ2v) is 8.47. The fourth-order valence-corrected chi connectivity index (χ4v) is 3.48. The molecule has 204 valence electrons. The molecule has 8 nitrogen and oxygen atoms in total. The molecule has 2 aromatic carbocycles. The van der Waals surface area contributed by atoms with E-state index >= 15 is 0 Å². The number of hydrogen-bond donors (Lipinski definition) is 1. The summed E-state index contributed by atoms with van der Waals surface area (Å²) in [6, 6.07) is 13.4. The van der Waals surface area contributed by atoms with Crippen LogP contribution in [0.5, 0.6) is 5.75 Å². The van der Waals surface area contributed by atoms with Gasteiger partial charge in [0.1, 0.15) is 18.2 Å². The third-order valence-electron chi connectivity index (χ3n) is 5.45. The molecule has 0 aliphatic rings. The van der Waals surface area contributed by atoms with E-state index in [9.17, 15) is 19.1 Å². The third kappa shape index (κ3) is 12.1. The smallest absolute Gasteiger partial charge is 0.409 e. The molecule has 0 radical (unpaired) electrons. The van der Waals surface area contributed by atoms with Crippen molar-refractivity contribution in [1.29, 1.82) is 0 Å². The number of carboxylic acid groups (broad SMARTS) is 1. The van der Waals surface area contributed by atoms with Crippen LogP contribution >= 0.6 is 0 Å². The number of benzene rings is 2. The number of carbonyl (C=O) groups is 2. The molecule has 0 aliphatic carbocycles. The predicted molar refractivity (Wildman–Crippen MR) is 137 cm³/mol. The lowest BCUT2D eigenvalue weighted by molar-refractivity contribution is -0.149. The number of aliphatic carboxylic acids is 1. The maximum Gasteiger partial charge on any atom is 0.409 e. The normalized spacial score (nSPS) is 11.6. The summed E-state index contributed by atoms with van der Waals surface area (Å²) in [6.45, 7) is 6.51. The number of nitrogens with zero attached hydrogens (tertiary/aromatic N) is 1. The SMILES string of the molecule is CCCOC(=O)N(CCCCOCc1ccc(F)cc1)CCOc1ccc(CC(OCC)C(=O)O)cc1. The van der Waals surface area contributed by atoms with Crippen LogP contribution in [0.4, 0.5) is 9.18 Å². The van der Waals surface area contributed by atoms with E-state index in [4.69, 9.17) is 18.9 Å². The molecule has 9 heteroatoms. The Hall–Kier alpha value is -3.17. The summed E-state index contributed by atoms with van der Waals surface area (Å²) < 4.78 is 35.0. The molecule has 1 N–H and O–H groups in total. The fourth-order valence-electron chi connectivity index (χ4n) is 3.48. The molecule has 1 unspecified atom stereocenters. The minimum atomic E-state index is -0.989. The molecule has 1 atom stereocenters. The van der Waals surface area contributed by atoms with Crippen molar-refractivity contribution < 1.29 is 38.0 Å². The Balaban J connectivity index is 1.75. The van der Waals surface area contributed by atoms with Crippen LogP contribution in [0.3, 0.4) is 0 Å². The minimum Gasteiger partial charge on any atom is -0.492 e. The summed E-state index contributed by atoms with van der Waals surface area (Å²) in [6.07, 6.45) is 1.26. The Labute approximate surface area is 218 Å². The average molecular weight is 520 g/mol. The molecule has 0 aromatic heterocycles. The van der Waals surface area contributed by atoms with Gasteiger partial charge in [0.05, 0.1) is 19.8 Å². The highest BCUT2D eigenvalue weighted by Crippen LogP contribution is 2.15. The molecule has 0 aliphatic heterocycles. The van der Waals surface area contributed by atoms with Crippen molar-refractivity contribution in [2.75, 3.05) is 39.5 Å². The first-order chi connectivity index (χ1) is 17.9. The first kappa shape index (κ1) is 30.1. The van der Waals surface area contributed by atoms with E-state index in [0.717, 1.165) is 30.4 Å². The molecule has 2 rings (SSSR count). The van der Waals surface area contributed by atoms with Crippen LogP contribution in [0.1, 0.15) is 44.2 Å². The third-order valence-corrected chi connectivity index (χ3v) is 5.45. The molecule has 2 aromatic rings. The summed E-state index contributed by atoms with van der Waals surface area (Å²) in [5.41, 5.74) is 1.74. The van der Waals surface area contributed by atoms with Crippen LogP contribution in [0, 0.1) is 5.82 Å². The van der Waals surface area contributed by atoms with Gasteiger partial charge in [-0.2, -0.15) is 0 Å². The second-order valence-electron chi connectivity index (χ2n) is 8.47. The van der Waals surface area contributed by atoms with Gasteiger partial charge < -0.3 is 29.0 Å². The van der Waals surface area contributed by atoms with Crippen molar-refractivity contribution >= 4 is 12.1 Å². The zero-order chi connectivity index (χ0) is 26.9. The van der Waals surface area contributed by atoms with E-state index in [1.54, 1.807) is 36.1 Å². The van der Waals surface area contributed by atoms with Crippen molar-refractivity contribution in [2.45, 2.75) is 52.2 Å². The standard InChI is InChI=1S/C28H38FNO7/c1-3-17-37-28(33)30(15-5-6-18-34-21-23-7-11-24(29)12-8-23)16-19-36-25-13-9-22(10-14-25)20-26(27(31)32)35-4-2/h7-14,26H,3-6,15-21H2,1-2H3,(H,31,32). The Morgan fingerprint density at radius 2 is 1.62 bits per heavy atom.